The molecule has 3 heteroatoms. The average molecular weight is 287 g/mol. The smallest absolute Gasteiger partial charge is 0.144 e. The van der Waals surface area contributed by atoms with E-state index < -0.39 is 17.2 Å². The molecular weight excluding hydrogens is 268 g/mol. The summed E-state index contributed by atoms with van der Waals surface area (Å²) in [7, 11) is 0. The zero-order valence-corrected chi connectivity index (χ0v) is 12.2. The molecule has 110 valence electrons. The monoisotopic (exact) mass is 287 g/mol. The molecule has 1 aliphatic carbocycles. The molecule has 0 N–H and O–H groups in total. The Bertz CT molecular complexity index is 585. The highest BCUT2D eigenvalue weighted by Gasteiger charge is 2.16. The first-order valence-corrected chi connectivity index (χ1v) is 7.42. The Hall–Kier alpha value is -1.95. The van der Waals surface area contributed by atoms with Gasteiger partial charge in [-0.2, -0.15) is 5.26 Å². The fourth-order valence-electron chi connectivity index (χ4n) is 2.59. The van der Waals surface area contributed by atoms with Crippen molar-refractivity contribution in [2.45, 2.75) is 44.9 Å². The third kappa shape index (κ3) is 3.78. The summed E-state index contributed by atoms with van der Waals surface area (Å²) in [4.78, 5) is 0. The van der Waals surface area contributed by atoms with E-state index in [0.29, 0.717) is 5.56 Å². The van der Waals surface area contributed by atoms with Gasteiger partial charge in [-0.05, 0) is 37.0 Å². The van der Waals surface area contributed by atoms with Crippen LogP contribution < -0.4 is 0 Å². The Morgan fingerprint density at radius 3 is 2.48 bits per heavy atom. The third-order valence-electron chi connectivity index (χ3n) is 3.85. The number of hydrogen-bond acceptors (Lipinski definition) is 1. The summed E-state index contributed by atoms with van der Waals surface area (Å²) in [5.74, 6) is -1.58. The first-order valence-electron chi connectivity index (χ1n) is 7.42. The molecule has 0 heterocycles. The molecule has 0 saturated carbocycles. The van der Waals surface area contributed by atoms with E-state index in [9.17, 15) is 8.78 Å². The lowest BCUT2D eigenvalue weighted by atomic mass is 9.88. The minimum atomic E-state index is -0.779. The molecule has 1 nitrogen and oxygen atoms in total. The van der Waals surface area contributed by atoms with Crippen molar-refractivity contribution < 1.29 is 8.78 Å². The quantitative estimate of drug-likeness (QED) is 0.666. The second-order valence-corrected chi connectivity index (χ2v) is 5.41. The summed E-state index contributed by atoms with van der Waals surface area (Å²) in [6, 6.07) is 4.09. The van der Waals surface area contributed by atoms with E-state index in [4.69, 9.17) is 5.26 Å². The van der Waals surface area contributed by atoms with Crippen LogP contribution in [0.25, 0.3) is 0 Å². The number of allylic oxidation sites excluding steroid dienone is 4. The summed E-state index contributed by atoms with van der Waals surface area (Å²) in [5.41, 5.74) is 1.38. The first kappa shape index (κ1) is 15.4. The standard InChI is InChI=1S/C18H19F2N/c1-2-3-4-5-13-6-8-14(9-7-13)15-10-17(19)16(12-21)18(20)11-15/h6-8,10-11,14H,2-5,9H2,1H3. The van der Waals surface area contributed by atoms with Crippen molar-refractivity contribution in [2.24, 2.45) is 0 Å². The van der Waals surface area contributed by atoms with Gasteiger partial charge < -0.3 is 0 Å². The van der Waals surface area contributed by atoms with E-state index >= 15 is 0 Å². The van der Waals surface area contributed by atoms with Crippen molar-refractivity contribution in [3.05, 3.63) is 58.7 Å². The minimum absolute atomic E-state index is 0.0170. The summed E-state index contributed by atoms with van der Waals surface area (Å²) >= 11 is 0. The number of nitrogens with zero attached hydrogens (tertiary/aromatic N) is 1. The van der Waals surface area contributed by atoms with Gasteiger partial charge in [0.15, 0.2) is 0 Å². The number of unbranched alkanes of at least 4 members (excludes halogenated alkanes) is 2. The van der Waals surface area contributed by atoms with E-state index in [1.54, 1.807) is 6.07 Å². The van der Waals surface area contributed by atoms with Crippen LogP contribution in [0.3, 0.4) is 0 Å². The Balaban J connectivity index is 2.06. The summed E-state index contributed by atoms with van der Waals surface area (Å²) in [6.45, 7) is 2.18. The molecule has 0 aromatic heterocycles. The molecule has 2 rings (SSSR count). The maximum atomic E-state index is 13.6. The van der Waals surface area contributed by atoms with Crippen LogP contribution in [0.1, 0.15) is 56.1 Å². The number of rotatable bonds is 5. The average Bonchev–Trinajstić information content (AvgIpc) is 2.48. The topological polar surface area (TPSA) is 23.8 Å². The number of nitriles is 1. The molecule has 0 amide bonds. The van der Waals surface area contributed by atoms with Crippen molar-refractivity contribution in [3.63, 3.8) is 0 Å². The molecule has 0 fully saturated rings. The molecule has 1 aromatic carbocycles. The zero-order valence-electron chi connectivity index (χ0n) is 12.2. The van der Waals surface area contributed by atoms with Crippen molar-refractivity contribution in [1.29, 1.82) is 5.26 Å². The first-order chi connectivity index (χ1) is 10.2. The highest BCUT2D eigenvalue weighted by molar-refractivity contribution is 5.39. The summed E-state index contributed by atoms with van der Waals surface area (Å²) in [6.07, 6.45) is 11.6. The van der Waals surface area contributed by atoms with Gasteiger partial charge in [-0.15, -0.1) is 0 Å². The van der Waals surface area contributed by atoms with Crippen LogP contribution in [0.5, 0.6) is 0 Å². The molecule has 1 atom stereocenters. The maximum absolute atomic E-state index is 13.6. The minimum Gasteiger partial charge on any atom is -0.205 e. The fraction of sp³-hybridized carbons (Fsp3) is 0.389. The summed E-state index contributed by atoms with van der Waals surface area (Å²) in [5, 5.41) is 8.68. The van der Waals surface area contributed by atoms with Gasteiger partial charge in [-0.1, -0.05) is 43.6 Å². The zero-order chi connectivity index (χ0) is 15.2. The van der Waals surface area contributed by atoms with Gasteiger partial charge in [0.1, 0.15) is 23.3 Å². The second-order valence-electron chi connectivity index (χ2n) is 5.41. The number of halogens is 2. The van der Waals surface area contributed by atoms with Gasteiger partial charge in [-0.3, -0.25) is 0 Å². The van der Waals surface area contributed by atoms with Crippen LogP contribution in [0.2, 0.25) is 0 Å². The molecular formula is C18H19F2N. The fourth-order valence-corrected chi connectivity index (χ4v) is 2.59. The van der Waals surface area contributed by atoms with Gasteiger partial charge in [0, 0.05) is 5.92 Å². The highest BCUT2D eigenvalue weighted by atomic mass is 19.1. The van der Waals surface area contributed by atoms with E-state index in [-0.39, 0.29) is 5.92 Å². The SMILES string of the molecule is CCCCCC1=CCC(c2cc(F)c(C#N)c(F)c2)C=C1. The maximum Gasteiger partial charge on any atom is 0.144 e. The Morgan fingerprint density at radius 1 is 1.24 bits per heavy atom. The number of benzene rings is 1. The van der Waals surface area contributed by atoms with Crippen LogP contribution in [0, 0.1) is 23.0 Å². The van der Waals surface area contributed by atoms with E-state index in [1.165, 1.54) is 37.0 Å². The van der Waals surface area contributed by atoms with Crippen molar-refractivity contribution in [3.8, 4) is 6.07 Å². The number of hydrogen-bond donors (Lipinski definition) is 0. The van der Waals surface area contributed by atoms with Crippen LogP contribution in [0.15, 0.2) is 35.9 Å². The second kappa shape index (κ2) is 7.17. The predicted molar refractivity (Wildman–Crippen MR) is 79.8 cm³/mol. The predicted octanol–water partition coefficient (Wildman–Crippen LogP) is 5.39. The normalized spacial score (nSPS) is 17.4. The summed E-state index contributed by atoms with van der Waals surface area (Å²) < 4.78 is 27.3. The van der Waals surface area contributed by atoms with Gasteiger partial charge >= 0.3 is 0 Å². The molecule has 0 spiro atoms. The van der Waals surface area contributed by atoms with E-state index in [1.807, 2.05) is 6.08 Å². The lowest BCUT2D eigenvalue weighted by Gasteiger charge is -2.17. The Kier molecular flexibility index (Phi) is 5.27. The molecule has 1 aromatic rings. The van der Waals surface area contributed by atoms with Crippen LogP contribution in [0.4, 0.5) is 8.78 Å². The van der Waals surface area contributed by atoms with Crippen molar-refractivity contribution in [2.75, 3.05) is 0 Å². The van der Waals surface area contributed by atoms with Crippen LogP contribution >= 0.6 is 0 Å². The molecule has 0 aliphatic heterocycles. The lowest BCUT2D eigenvalue weighted by molar-refractivity contribution is 0.571. The molecule has 21 heavy (non-hydrogen) atoms. The molecule has 1 aliphatic rings. The van der Waals surface area contributed by atoms with E-state index in [0.717, 1.165) is 12.8 Å². The molecule has 0 radical (unpaired) electrons. The Labute approximate surface area is 124 Å². The molecule has 0 saturated heterocycles. The highest BCUT2D eigenvalue weighted by Crippen LogP contribution is 2.30. The van der Waals surface area contributed by atoms with Crippen molar-refractivity contribution >= 4 is 0 Å². The third-order valence-corrected chi connectivity index (χ3v) is 3.85. The van der Waals surface area contributed by atoms with Gasteiger partial charge in [0.2, 0.25) is 0 Å². The van der Waals surface area contributed by atoms with Crippen LogP contribution in [-0.2, 0) is 0 Å². The molecule has 0 bridgehead atoms. The van der Waals surface area contributed by atoms with E-state index in [2.05, 4.69) is 19.1 Å². The largest absolute Gasteiger partial charge is 0.205 e. The van der Waals surface area contributed by atoms with Crippen molar-refractivity contribution in [1.82, 2.24) is 0 Å². The van der Waals surface area contributed by atoms with Gasteiger partial charge in [-0.25, -0.2) is 8.78 Å². The lowest BCUT2D eigenvalue weighted by Crippen LogP contribution is -2.02. The van der Waals surface area contributed by atoms with Gasteiger partial charge in [0.25, 0.3) is 0 Å². The molecule has 1 unspecified atom stereocenters. The van der Waals surface area contributed by atoms with Crippen LogP contribution in [-0.4, -0.2) is 0 Å². The Morgan fingerprint density at radius 2 is 1.95 bits per heavy atom. The van der Waals surface area contributed by atoms with Gasteiger partial charge in [0.05, 0.1) is 0 Å².